The Morgan fingerprint density at radius 1 is 1.36 bits per heavy atom. The molecule has 5 nitrogen and oxygen atoms in total. The maximum atomic E-state index is 12.6. The van der Waals surface area contributed by atoms with Gasteiger partial charge in [0.2, 0.25) is 0 Å². The fourth-order valence-electron chi connectivity index (χ4n) is 3.38. The normalized spacial score (nSPS) is 27.4. The number of amides is 1. The van der Waals surface area contributed by atoms with E-state index in [4.69, 9.17) is 16.3 Å². The first-order valence-corrected chi connectivity index (χ1v) is 7.82. The average molecular weight is 323 g/mol. The first kappa shape index (κ1) is 15.3. The van der Waals surface area contributed by atoms with Gasteiger partial charge in [0.25, 0.3) is 0 Å². The molecule has 0 radical (unpaired) electrons. The molecule has 0 aliphatic carbocycles. The fourth-order valence-corrected chi connectivity index (χ4v) is 3.49. The molecule has 0 aromatic carbocycles. The summed E-state index contributed by atoms with van der Waals surface area (Å²) in [5.41, 5.74) is 0.245. The molecule has 1 aromatic heterocycles. The maximum Gasteiger partial charge on any atom is 0.411 e. The van der Waals surface area contributed by atoms with Crippen molar-refractivity contribution in [3.63, 3.8) is 0 Å². The van der Waals surface area contributed by atoms with Gasteiger partial charge >= 0.3 is 6.09 Å². The second-order valence-electron chi connectivity index (χ2n) is 6.84. The van der Waals surface area contributed by atoms with E-state index in [1.807, 2.05) is 26.8 Å². The summed E-state index contributed by atoms with van der Waals surface area (Å²) in [5.74, 6) is -0.248. The van der Waals surface area contributed by atoms with Gasteiger partial charge in [-0.25, -0.2) is 9.78 Å². The lowest BCUT2D eigenvalue weighted by molar-refractivity contribution is -0.121. The Hall–Kier alpha value is -1.62. The van der Waals surface area contributed by atoms with Crippen molar-refractivity contribution in [1.82, 2.24) is 9.88 Å². The number of halogens is 1. The summed E-state index contributed by atoms with van der Waals surface area (Å²) in [6.07, 6.45) is 2.74. The van der Waals surface area contributed by atoms with Crippen LogP contribution in [0.5, 0.6) is 0 Å². The highest BCUT2D eigenvalue weighted by atomic mass is 35.5. The van der Waals surface area contributed by atoms with Crippen LogP contribution in [0.4, 0.5) is 4.79 Å². The SMILES string of the molecule is CC(C)(C)OC(=O)N1[C@@H]2CC[C@H]1C(=O)[C@@H]2c1ccc(Cl)nc1. The summed E-state index contributed by atoms with van der Waals surface area (Å²) in [6, 6.07) is 2.97. The number of rotatable bonds is 1. The van der Waals surface area contributed by atoms with Gasteiger partial charge in [-0.3, -0.25) is 9.69 Å². The minimum atomic E-state index is -0.570. The van der Waals surface area contributed by atoms with Crippen molar-refractivity contribution in [1.29, 1.82) is 0 Å². The Balaban J connectivity index is 1.86. The highest BCUT2D eigenvalue weighted by Gasteiger charge is 2.56. The summed E-state index contributed by atoms with van der Waals surface area (Å²) in [4.78, 5) is 30.7. The number of aromatic nitrogens is 1. The molecular weight excluding hydrogens is 304 g/mol. The number of nitrogens with zero attached hydrogens (tertiary/aromatic N) is 2. The Bertz CT molecular complexity index is 609. The van der Waals surface area contributed by atoms with E-state index in [1.165, 1.54) is 0 Å². The smallest absolute Gasteiger partial charge is 0.411 e. The quantitative estimate of drug-likeness (QED) is 0.745. The van der Waals surface area contributed by atoms with E-state index in [0.29, 0.717) is 11.6 Å². The van der Waals surface area contributed by atoms with Crippen LogP contribution in [0.1, 0.15) is 45.1 Å². The van der Waals surface area contributed by atoms with Gasteiger partial charge in [-0.1, -0.05) is 17.7 Å². The number of pyridine rings is 1. The molecule has 0 unspecified atom stereocenters. The largest absolute Gasteiger partial charge is 0.444 e. The third-order valence-electron chi connectivity index (χ3n) is 4.16. The molecule has 3 atom stereocenters. The monoisotopic (exact) mass is 322 g/mol. The molecule has 0 saturated carbocycles. The zero-order valence-electron chi connectivity index (χ0n) is 12.9. The molecule has 1 aromatic rings. The van der Waals surface area contributed by atoms with Crippen LogP contribution >= 0.6 is 11.6 Å². The number of Topliss-reactive ketones (excluding diaryl/α,β-unsaturated/α-hetero) is 1. The summed E-state index contributed by atoms with van der Waals surface area (Å²) >= 11 is 5.80. The van der Waals surface area contributed by atoms with Gasteiger partial charge in [-0.15, -0.1) is 0 Å². The van der Waals surface area contributed by atoms with Gasteiger partial charge in [0.15, 0.2) is 5.78 Å². The number of fused-ring (bicyclic) bond motifs is 2. The molecule has 2 aliphatic heterocycles. The molecule has 0 N–H and O–H groups in total. The second-order valence-corrected chi connectivity index (χ2v) is 7.23. The van der Waals surface area contributed by atoms with E-state index in [1.54, 1.807) is 17.2 Å². The first-order chi connectivity index (χ1) is 10.3. The van der Waals surface area contributed by atoms with E-state index < -0.39 is 11.7 Å². The molecule has 3 heterocycles. The highest BCUT2D eigenvalue weighted by Crippen LogP contribution is 2.44. The number of ether oxygens (including phenoxy) is 1. The highest BCUT2D eigenvalue weighted by molar-refractivity contribution is 6.29. The van der Waals surface area contributed by atoms with Gasteiger partial charge in [0, 0.05) is 12.2 Å². The molecular formula is C16H19ClN2O3. The van der Waals surface area contributed by atoms with E-state index >= 15 is 0 Å². The van der Waals surface area contributed by atoms with Gasteiger partial charge in [0.1, 0.15) is 10.8 Å². The standard InChI is InChI=1S/C16H19ClN2O3/c1-16(2,3)22-15(21)19-10-5-6-11(19)14(20)13(10)9-4-7-12(17)18-8-9/h4,7-8,10-11,13H,5-6H2,1-3H3/t10-,11+,13-/m1/s1. The van der Waals surface area contributed by atoms with E-state index in [2.05, 4.69) is 4.98 Å². The lowest BCUT2D eigenvalue weighted by atomic mass is 9.83. The zero-order valence-corrected chi connectivity index (χ0v) is 13.6. The zero-order chi connectivity index (χ0) is 16.1. The third-order valence-corrected chi connectivity index (χ3v) is 4.39. The van der Waals surface area contributed by atoms with Crippen molar-refractivity contribution in [3.8, 4) is 0 Å². The van der Waals surface area contributed by atoms with E-state index in [9.17, 15) is 9.59 Å². The second kappa shape index (κ2) is 5.23. The summed E-state index contributed by atoms with van der Waals surface area (Å²) in [6.45, 7) is 5.47. The van der Waals surface area contributed by atoms with Crippen molar-refractivity contribution in [2.24, 2.45) is 0 Å². The van der Waals surface area contributed by atoms with Crippen LogP contribution in [0.3, 0.4) is 0 Å². The number of hydrogen-bond donors (Lipinski definition) is 0. The average Bonchev–Trinajstić information content (AvgIpc) is 2.94. The molecule has 2 saturated heterocycles. The minimum Gasteiger partial charge on any atom is -0.444 e. The molecule has 0 spiro atoms. The van der Waals surface area contributed by atoms with Crippen molar-refractivity contribution >= 4 is 23.5 Å². The summed E-state index contributed by atoms with van der Waals surface area (Å²) in [5, 5.41) is 0.392. The van der Waals surface area contributed by atoms with Crippen molar-refractivity contribution < 1.29 is 14.3 Å². The number of hydrogen-bond acceptors (Lipinski definition) is 4. The van der Waals surface area contributed by atoms with E-state index in [0.717, 1.165) is 12.0 Å². The molecule has 2 aliphatic rings. The molecule has 2 fully saturated rings. The minimum absolute atomic E-state index is 0.0752. The lowest BCUT2D eigenvalue weighted by Gasteiger charge is -2.27. The van der Waals surface area contributed by atoms with Crippen LogP contribution in [-0.4, -0.2) is 39.4 Å². The van der Waals surface area contributed by atoms with E-state index in [-0.39, 0.29) is 23.8 Å². The molecule has 1 amide bonds. The van der Waals surface area contributed by atoms with Crippen LogP contribution in [0.15, 0.2) is 18.3 Å². The Morgan fingerprint density at radius 2 is 2.09 bits per heavy atom. The van der Waals surface area contributed by atoms with Crippen molar-refractivity contribution in [3.05, 3.63) is 29.0 Å². The Morgan fingerprint density at radius 3 is 2.68 bits per heavy atom. The predicted octanol–water partition coefficient (Wildman–Crippen LogP) is 3.17. The van der Waals surface area contributed by atoms with Crippen LogP contribution < -0.4 is 0 Å². The topological polar surface area (TPSA) is 59.5 Å². The van der Waals surface area contributed by atoms with Crippen molar-refractivity contribution in [2.45, 2.75) is 57.2 Å². The van der Waals surface area contributed by atoms with Gasteiger partial charge in [0.05, 0.1) is 12.0 Å². The van der Waals surface area contributed by atoms with Gasteiger partial charge < -0.3 is 4.74 Å². The van der Waals surface area contributed by atoms with Gasteiger partial charge in [-0.05, 0) is 45.2 Å². The summed E-state index contributed by atoms with van der Waals surface area (Å²) < 4.78 is 5.45. The van der Waals surface area contributed by atoms with Gasteiger partial charge in [-0.2, -0.15) is 0 Å². The Kier molecular flexibility index (Phi) is 3.63. The predicted molar refractivity (Wildman–Crippen MR) is 81.9 cm³/mol. The number of ketones is 1. The van der Waals surface area contributed by atoms with Crippen LogP contribution in [-0.2, 0) is 9.53 Å². The first-order valence-electron chi connectivity index (χ1n) is 7.44. The lowest BCUT2D eigenvalue weighted by Crippen LogP contribution is -2.40. The molecule has 118 valence electrons. The molecule has 6 heteroatoms. The molecule has 22 heavy (non-hydrogen) atoms. The molecule has 2 bridgehead atoms. The van der Waals surface area contributed by atoms with Crippen LogP contribution in [0.2, 0.25) is 5.15 Å². The third kappa shape index (κ3) is 2.58. The fraction of sp³-hybridized carbons (Fsp3) is 0.562. The van der Waals surface area contributed by atoms with Crippen LogP contribution in [0.25, 0.3) is 0 Å². The number of carbonyl (C=O) groups excluding carboxylic acids is 2. The molecule has 3 rings (SSSR count). The number of carbonyl (C=O) groups is 2. The van der Waals surface area contributed by atoms with Crippen LogP contribution in [0, 0.1) is 0 Å². The Labute approximate surface area is 134 Å². The maximum absolute atomic E-state index is 12.6. The van der Waals surface area contributed by atoms with Crippen molar-refractivity contribution in [2.75, 3.05) is 0 Å². The summed E-state index contributed by atoms with van der Waals surface area (Å²) in [7, 11) is 0.